The Morgan fingerprint density at radius 2 is 2.38 bits per heavy atom. The van der Waals surface area contributed by atoms with E-state index in [1.165, 1.54) is 0 Å². The Kier molecular flexibility index (Phi) is 3.46. The minimum absolute atomic E-state index is 0.197. The van der Waals surface area contributed by atoms with Crippen LogP contribution in [0.3, 0.4) is 0 Å². The minimum atomic E-state index is 0.197. The molecule has 21 heavy (non-hydrogen) atoms. The predicted octanol–water partition coefficient (Wildman–Crippen LogP) is 1.49. The molecule has 0 bridgehead atoms. The lowest BCUT2D eigenvalue weighted by Crippen LogP contribution is -2.43. The molecule has 0 spiro atoms. The number of nitrogens with zero attached hydrogens (tertiary/aromatic N) is 5. The van der Waals surface area contributed by atoms with Crippen LogP contribution < -0.4 is 0 Å². The van der Waals surface area contributed by atoms with E-state index in [1.807, 2.05) is 16.9 Å². The average Bonchev–Trinajstić information content (AvgIpc) is 3.16. The van der Waals surface area contributed by atoms with E-state index in [9.17, 15) is 0 Å². The van der Waals surface area contributed by atoms with E-state index in [0.29, 0.717) is 0 Å². The average molecular weight is 303 g/mol. The maximum absolute atomic E-state index is 5.84. The molecule has 7 heteroatoms. The van der Waals surface area contributed by atoms with Crippen LogP contribution in [0.2, 0.25) is 0 Å². The van der Waals surface area contributed by atoms with Crippen LogP contribution in [-0.2, 0) is 17.8 Å². The second kappa shape index (κ2) is 5.59. The summed E-state index contributed by atoms with van der Waals surface area (Å²) in [5, 5.41) is 6.30. The van der Waals surface area contributed by atoms with Crippen molar-refractivity contribution in [1.29, 1.82) is 0 Å². The zero-order chi connectivity index (χ0) is 14.1. The van der Waals surface area contributed by atoms with Crippen LogP contribution in [0.1, 0.15) is 5.69 Å². The number of fused-ring (bicyclic) bond motifs is 1. The highest BCUT2D eigenvalue weighted by molar-refractivity contribution is 7.15. The van der Waals surface area contributed by atoms with Crippen LogP contribution in [0.4, 0.5) is 0 Å². The topological polar surface area (TPSA) is 47.6 Å². The SMILES string of the molecule is c1cnn(CC2CN(Cc3cn4ccsc4n3)CCO2)c1. The lowest BCUT2D eigenvalue weighted by molar-refractivity contribution is -0.0405. The molecule has 3 aromatic rings. The molecule has 0 saturated carbocycles. The van der Waals surface area contributed by atoms with Gasteiger partial charge in [0.15, 0.2) is 4.96 Å². The Morgan fingerprint density at radius 3 is 3.24 bits per heavy atom. The van der Waals surface area contributed by atoms with E-state index in [4.69, 9.17) is 4.74 Å². The fourth-order valence-corrected chi connectivity index (χ4v) is 3.45. The Labute approximate surface area is 126 Å². The third-order valence-electron chi connectivity index (χ3n) is 3.70. The monoisotopic (exact) mass is 303 g/mol. The maximum atomic E-state index is 5.84. The summed E-state index contributed by atoms with van der Waals surface area (Å²) in [6.07, 6.45) is 8.15. The highest BCUT2D eigenvalue weighted by Crippen LogP contribution is 2.15. The Morgan fingerprint density at radius 1 is 1.38 bits per heavy atom. The lowest BCUT2D eigenvalue weighted by atomic mass is 10.2. The number of aromatic nitrogens is 4. The zero-order valence-electron chi connectivity index (χ0n) is 11.6. The van der Waals surface area contributed by atoms with E-state index in [1.54, 1.807) is 17.5 Å². The van der Waals surface area contributed by atoms with Crippen molar-refractivity contribution in [2.24, 2.45) is 0 Å². The molecule has 1 atom stereocenters. The molecule has 110 valence electrons. The third kappa shape index (κ3) is 2.85. The number of thiazole rings is 1. The molecule has 1 saturated heterocycles. The van der Waals surface area contributed by atoms with E-state index >= 15 is 0 Å². The van der Waals surface area contributed by atoms with Crippen molar-refractivity contribution < 1.29 is 4.74 Å². The van der Waals surface area contributed by atoms with Gasteiger partial charge in [0.05, 0.1) is 24.9 Å². The second-order valence-electron chi connectivity index (χ2n) is 5.28. The second-order valence-corrected chi connectivity index (χ2v) is 6.15. The van der Waals surface area contributed by atoms with Crippen molar-refractivity contribution in [3.05, 3.63) is 41.9 Å². The van der Waals surface area contributed by atoms with Crippen molar-refractivity contribution >= 4 is 16.3 Å². The molecule has 1 unspecified atom stereocenters. The summed E-state index contributed by atoms with van der Waals surface area (Å²) in [6, 6.07) is 1.94. The van der Waals surface area contributed by atoms with E-state index in [-0.39, 0.29) is 6.10 Å². The summed E-state index contributed by atoms with van der Waals surface area (Å²) in [7, 11) is 0. The van der Waals surface area contributed by atoms with Crippen LogP contribution in [0.5, 0.6) is 0 Å². The molecule has 0 radical (unpaired) electrons. The quantitative estimate of drug-likeness (QED) is 0.733. The van der Waals surface area contributed by atoms with Gasteiger partial charge in [-0.2, -0.15) is 5.10 Å². The van der Waals surface area contributed by atoms with Crippen LogP contribution in [0.25, 0.3) is 4.96 Å². The van der Waals surface area contributed by atoms with Gasteiger partial charge >= 0.3 is 0 Å². The summed E-state index contributed by atoms with van der Waals surface area (Å²) >= 11 is 1.67. The molecule has 1 fully saturated rings. The van der Waals surface area contributed by atoms with Crippen LogP contribution >= 0.6 is 11.3 Å². The van der Waals surface area contributed by atoms with Gasteiger partial charge in [-0.05, 0) is 6.07 Å². The van der Waals surface area contributed by atoms with Crippen LogP contribution in [0.15, 0.2) is 36.2 Å². The summed E-state index contributed by atoms with van der Waals surface area (Å²) < 4.78 is 9.85. The molecular weight excluding hydrogens is 286 g/mol. The van der Waals surface area contributed by atoms with E-state index < -0.39 is 0 Å². The lowest BCUT2D eigenvalue weighted by Gasteiger charge is -2.32. The molecule has 0 aliphatic carbocycles. The highest BCUT2D eigenvalue weighted by Gasteiger charge is 2.21. The normalized spacial score (nSPS) is 20.3. The smallest absolute Gasteiger partial charge is 0.193 e. The molecule has 3 aromatic heterocycles. The van der Waals surface area contributed by atoms with Gasteiger partial charge in [-0.1, -0.05) is 0 Å². The Bertz CT molecular complexity index is 675. The first kappa shape index (κ1) is 13.0. The number of hydrogen-bond donors (Lipinski definition) is 0. The number of rotatable bonds is 4. The maximum Gasteiger partial charge on any atom is 0.193 e. The fraction of sp³-hybridized carbons (Fsp3) is 0.429. The summed E-state index contributed by atoms with van der Waals surface area (Å²) in [5.41, 5.74) is 1.13. The van der Waals surface area contributed by atoms with Crippen molar-refractivity contribution in [1.82, 2.24) is 24.1 Å². The van der Waals surface area contributed by atoms with Gasteiger partial charge in [0.25, 0.3) is 0 Å². The molecule has 0 N–H and O–H groups in total. The first-order valence-corrected chi connectivity index (χ1v) is 7.97. The largest absolute Gasteiger partial charge is 0.374 e. The van der Waals surface area contributed by atoms with Gasteiger partial charge < -0.3 is 4.74 Å². The fourth-order valence-electron chi connectivity index (χ4n) is 2.73. The standard InChI is InChI=1S/C14H17N5OS/c1-2-15-19(3-1)11-13-10-17(4-6-20-13)8-12-9-18-5-7-21-14(18)16-12/h1-3,5,7,9,13H,4,6,8,10-11H2. The molecule has 1 aliphatic rings. The Balaban J connectivity index is 1.39. The number of ether oxygens (including phenoxy) is 1. The highest BCUT2D eigenvalue weighted by atomic mass is 32.1. The molecule has 1 aliphatic heterocycles. The van der Waals surface area contributed by atoms with Crippen molar-refractivity contribution in [2.75, 3.05) is 19.7 Å². The number of hydrogen-bond acceptors (Lipinski definition) is 5. The summed E-state index contributed by atoms with van der Waals surface area (Å²) in [5.74, 6) is 0. The van der Waals surface area contributed by atoms with E-state index in [0.717, 1.165) is 43.4 Å². The molecule has 4 rings (SSSR count). The van der Waals surface area contributed by atoms with Crippen LogP contribution in [0, 0.1) is 0 Å². The molecular formula is C14H17N5OS. The molecule has 0 amide bonds. The van der Waals surface area contributed by atoms with Gasteiger partial charge in [0.1, 0.15) is 0 Å². The number of morpholine rings is 1. The first-order chi connectivity index (χ1) is 10.4. The van der Waals surface area contributed by atoms with Gasteiger partial charge in [-0.25, -0.2) is 4.98 Å². The minimum Gasteiger partial charge on any atom is -0.374 e. The van der Waals surface area contributed by atoms with Crippen molar-refractivity contribution in [3.8, 4) is 0 Å². The van der Waals surface area contributed by atoms with Gasteiger partial charge in [0, 0.05) is 49.8 Å². The van der Waals surface area contributed by atoms with Gasteiger partial charge in [0.2, 0.25) is 0 Å². The van der Waals surface area contributed by atoms with Gasteiger partial charge in [-0.15, -0.1) is 11.3 Å². The molecule has 4 heterocycles. The predicted molar refractivity (Wildman–Crippen MR) is 80.3 cm³/mol. The number of imidazole rings is 1. The molecule has 6 nitrogen and oxygen atoms in total. The first-order valence-electron chi connectivity index (χ1n) is 7.09. The van der Waals surface area contributed by atoms with Gasteiger partial charge in [-0.3, -0.25) is 14.0 Å². The molecule has 0 aromatic carbocycles. The third-order valence-corrected chi connectivity index (χ3v) is 4.47. The Hall–Kier alpha value is -1.70. The van der Waals surface area contributed by atoms with Crippen LogP contribution in [-0.4, -0.2) is 49.9 Å². The summed E-state index contributed by atoms with van der Waals surface area (Å²) in [4.78, 5) is 8.12. The zero-order valence-corrected chi connectivity index (χ0v) is 12.4. The summed E-state index contributed by atoms with van der Waals surface area (Å²) in [6.45, 7) is 4.34. The van der Waals surface area contributed by atoms with Crippen molar-refractivity contribution in [2.45, 2.75) is 19.2 Å². The van der Waals surface area contributed by atoms with E-state index in [2.05, 4.69) is 37.2 Å². The van der Waals surface area contributed by atoms with Crippen molar-refractivity contribution in [3.63, 3.8) is 0 Å².